The fourth-order valence-electron chi connectivity index (χ4n) is 7.16. The van der Waals surface area contributed by atoms with Crippen LogP contribution in [0, 0.1) is 5.92 Å². The van der Waals surface area contributed by atoms with E-state index in [1.807, 2.05) is 48.5 Å². The van der Waals surface area contributed by atoms with Gasteiger partial charge in [-0.05, 0) is 104 Å². The number of fused-ring (bicyclic) bond motifs is 1. The number of ketones is 3. The number of Topliss-reactive ketones (excluding diaryl/α,β-unsaturated/α-hetero) is 2. The predicted octanol–water partition coefficient (Wildman–Crippen LogP) is 3.52. The van der Waals surface area contributed by atoms with Gasteiger partial charge in [0.05, 0.1) is 17.1 Å². The summed E-state index contributed by atoms with van der Waals surface area (Å²) in [7, 11) is 0. The molecule has 0 aliphatic heterocycles. The van der Waals surface area contributed by atoms with Gasteiger partial charge in [-0.15, -0.1) is 0 Å². The second-order valence-corrected chi connectivity index (χ2v) is 20.1. The Morgan fingerprint density at radius 3 is 1.69 bits per heavy atom. The number of amides is 6. The molecule has 70 heavy (non-hydrogen) atoms. The van der Waals surface area contributed by atoms with Crippen molar-refractivity contribution in [1.82, 2.24) is 31.6 Å². The maximum Gasteiger partial charge on any atom is 0.259 e. The average molecular weight is 961 g/mol. The van der Waals surface area contributed by atoms with Crippen LogP contribution in [0.25, 0.3) is 10.8 Å². The number of hydrogen-bond donors (Lipinski definition) is 7. The summed E-state index contributed by atoms with van der Waals surface area (Å²) in [4.78, 5) is 121. The Bertz CT molecular complexity index is 2620. The average Bonchev–Trinajstić information content (AvgIpc) is 3.29. The Morgan fingerprint density at radius 1 is 0.571 bits per heavy atom. The topological polar surface area (TPSA) is 269 Å². The molecule has 0 fully saturated rings. The minimum atomic E-state index is -1.67. The monoisotopic (exact) mass is 961 g/mol. The number of nitrogens with one attached hydrogen (secondary N) is 5. The highest BCUT2D eigenvalue weighted by Crippen LogP contribution is 2.24. The Morgan fingerprint density at radius 2 is 1.10 bits per heavy atom. The molecule has 0 bridgehead atoms. The van der Waals surface area contributed by atoms with Crippen LogP contribution < -0.4 is 38.2 Å². The molecule has 4 aromatic rings. The van der Waals surface area contributed by atoms with Crippen molar-refractivity contribution >= 4 is 63.6 Å². The first kappa shape index (κ1) is 55.5. The molecule has 0 heterocycles. The maximum absolute atomic E-state index is 14.4. The lowest BCUT2D eigenvalue weighted by molar-refractivity contribution is -0.149. The molecule has 4 aromatic carbocycles. The third-order valence-electron chi connectivity index (χ3n) is 12.2. The summed E-state index contributed by atoms with van der Waals surface area (Å²) in [5.41, 5.74) is 2.08. The first-order valence-corrected chi connectivity index (χ1v) is 23.1. The van der Waals surface area contributed by atoms with Gasteiger partial charge in [0, 0.05) is 29.9 Å². The van der Waals surface area contributed by atoms with E-state index in [1.165, 1.54) is 76.2 Å². The van der Waals surface area contributed by atoms with E-state index in [0.717, 1.165) is 10.8 Å². The van der Waals surface area contributed by atoms with Crippen LogP contribution in [-0.2, 0) is 51.2 Å². The fourth-order valence-corrected chi connectivity index (χ4v) is 7.16. The van der Waals surface area contributed by atoms with Crippen molar-refractivity contribution in [1.29, 1.82) is 0 Å². The van der Waals surface area contributed by atoms with Crippen LogP contribution in [0.4, 0.5) is 0 Å². The van der Waals surface area contributed by atoms with Gasteiger partial charge in [-0.2, -0.15) is 0 Å². The predicted molar refractivity (Wildman–Crippen MR) is 266 cm³/mol. The molecule has 9 N–H and O–H groups in total. The lowest BCUT2D eigenvalue weighted by Gasteiger charge is -2.36. The van der Waals surface area contributed by atoms with Crippen molar-refractivity contribution in [3.8, 4) is 0 Å². The number of carbonyl (C=O) groups is 9. The normalized spacial score (nSPS) is 13.7. The molecule has 0 aromatic heterocycles. The van der Waals surface area contributed by atoms with Crippen LogP contribution in [0.15, 0.2) is 97.1 Å². The summed E-state index contributed by atoms with van der Waals surface area (Å²) >= 11 is 0. The largest absolute Gasteiger partial charge is 0.345 e. The van der Waals surface area contributed by atoms with Crippen molar-refractivity contribution in [3.63, 3.8) is 0 Å². The zero-order valence-electron chi connectivity index (χ0n) is 41.9. The molecule has 4 atom stereocenters. The summed E-state index contributed by atoms with van der Waals surface area (Å²) < 4.78 is 0. The van der Waals surface area contributed by atoms with Crippen molar-refractivity contribution < 1.29 is 43.2 Å². The minimum Gasteiger partial charge on any atom is -0.345 e. The minimum absolute atomic E-state index is 0.0249. The Hall–Kier alpha value is -7.11. The van der Waals surface area contributed by atoms with Crippen molar-refractivity contribution in [2.75, 3.05) is 0 Å². The highest BCUT2D eigenvalue weighted by Gasteiger charge is 2.42. The number of nitrogens with two attached hydrogens (primary N) is 2. The Kier molecular flexibility index (Phi) is 17.9. The van der Waals surface area contributed by atoms with E-state index >= 15 is 0 Å². The van der Waals surface area contributed by atoms with E-state index in [0.29, 0.717) is 27.3 Å². The summed E-state index contributed by atoms with van der Waals surface area (Å²) in [5.74, 6) is -0.323. The molecule has 374 valence electrons. The molecule has 4 unspecified atom stereocenters. The van der Waals surface area contributed by atoms with Gasteiger partial charge in [-0.25, -0.2) is 5.84 Å². The van der Waals surface area contributed by atoms with Gasteiger partial charge in [0.15, 0.2) is 17.3 Å². The lowest BCUT2D eigenvalue weighted by Crippen LogP contribution is -2.66. The third kappa shape index (κ3) is 14.5. The van der Waals surface area contributed by atoms with Crippen LogP contribution in [0.2, 0.25) is 0 Å². The standard InChI is InChI=1S/C53H68N8O9/c1-31(33(3)62)56-49(70)53(10,11)61(55)46(67)32(2)57-48(69)52(8,9)59-44(65)40(28-35-23-24-36-17-15-16-20-39(36)27-35)30-42(63)51(6,7)60-45(66)41(58-47(68)50(4,5)54)29-34-21-25-38(26-22-34)43(64)37-18-13-12-14-19-37/h12-27,31-32,40-41H,28-30,54-55H2,1-11H3,(H,56,70)(H,57,69)(H,58,68)(H,59,65)(H,60,66). The van der Waals surface area contributed by atoms with Gasteiger partial charge >= 0.3 is 0 Å². The highest BCUT2D eigenvalue weighted by atomic mass is 16.2. The molecule has 0 aliphatic carbocycles. The zero-order chi connectivity index (χ0) is 52.5. The molecule has 6 amide bonds. The number of hydrogen-bond acceptors (Lipinski definition) is 11. The van der Waals surface area contributed by atoms with Crippen LogP contribution in [0.5, 0.6) is 0 Å². The van der Waals surface area contributed by atoms with Crippen LogP contribution in [0.3, 0.4) is 0 Å². The quantitative estimate of drug-likeness (QED) is 0.0259. The van der Waals surface area contributed by atoms with Crippen LogP contribution in [0.1, 0.15) is 110 Å². The summed E-state index contributed by atoms with van der Waals surface area (Å²) in [6.45, 7) is 15.7. The van der Waals surface area contributed by atoms with Crippen LogP contribution >= 0.6 is 0 Å². The van der Waals surface area contributed by atoms with Gasteiger partial charge in [0.2, 0.25) is 29.5 Å². The van der Waals surface area contributed by atoms with E-state index in [1.54, 1.807) is 48.5 Å². The van der Waals surface area contributed by atoms with Crippen molar-refractivity contribution in [3.05, 3.63) is 119 Å². The Balaban J connectivity index is 1.55. The highest BCUT2D eigenvalue weighted by molar-refractivity contribution is 6.09. The fraction of sp³-hybridized carbons (Fsp3) is 0.415. The van der Waals surface area contributed by atoms with Gasteiger partial charge in [0.25, 0.3) is 5.91 Å². The summed E-state index contributed by atoms with van der Waals surface area (Å²) in [6, 6.07) is 25.3. The molecule has 0 spiro atoms. The zero-order valence-corrected chi connectivity index (χ0v) is 41.9. The van der Waals surface area contributed by atoms with E-state index in [-0.39, 0.29) is 24.4 Å². The van der Waals surface area contributed by atoms with E-state index in [9.17, 15) is 43.2 Å². The molecule has 17 nitrogen and oxygen atoms in total. The van der Waals surface area contributed by atoms with Crippen LogP contribution in [-0.4, -0.2) is 98.1 Å². The Labute approximate surface area is 409 Å². The smallest absolute Gasteiger partial charge is 0.259 e. The molecule has 0 aliphatic rings. The van der Waals surface area contributed by atoms with Gasteiger partial charge in [-0.1, -0.05) is 97.1 Å². The van der Waals surface area contributed by atoms with Crippen molar-refractivity contribution in [2.24, 2.45) is 17.5 Å². The summed E-state index contributed by atoms with van der Waals surface area (Å²) in [6.07, 6.45) is -0.375. The first-order valence-electron chi connectivity index (χ1n) is 23.1. The number of benzene rings is 4. The molecule has 0 radical (unpaired) electrons. The SMILES string of the molecule is CC(=O)C(C)NC(=O)C(C)(C)N(N)C(=O)C(C)NC(=O)C(C)(C)NC(=O)C(CC(=O)C(C)(C)NC(=O)C(Cc1ccc(C(=O)c2ccccc2)cc1)NC(=O)C(C)(C)N)Cc1ccc2ccccc2c1. The van der Waals surface area contributed by atoms with E-state index < -0.39 is 93.8 Å². The van der Waals surface area contributed by atoms with Gasteiger partial charge in [0.1, 0.15) is 23.2 Å². The number of rotatable bonds is 22. The molecule has 0 saturated carbocycles. The second kappa shape index (κ2) is 22.5. The van der Waals surface area contributed by atoms with E-state index in [2.05, 4.69) is 26.6 Å². The van der Waals surface area contributed by atoms with Gasteiger partial charge in [-0.3, -0.25) is 48.2 Å². The lowest BCUT2D eigenvalue weighted by atomic mass is 9.85. The van der Waals surface area contributed by atoms with E-state index in [4.69, 9.17) is 11.6 Å². The number of carbonyl (C=O) groups excluding carboxylic acids is 9. The molecule has 4 rings (SSSR count). The third-order valence-corrected chi connectivity index (χ3v) is 12.2. The molecule has 17 heteroatoms. The molecular formula is C53H68N8O9. The second-order valence-electron chi connectivity index (χ2n) is 20.1. The number of hydrazine groups is 1. The number of nitrogens with zero attached hydrogens (tertiary/aromatic N) is 1. The molecular weight excluding hydrogens is 893 g/mol. The molecule has 0 saturated heterocycles. The van der Waals surface area contributed by atoms with Crippen molar-refractivity contribution in [2.45, 2.75) is 136 Å². The first-order chi connectivity index (χ1) is 32.4. The maximum atomic E-state index is 14.4. The summed E-state index contributed by atoms with van der Waals surface area (Å²) in [5, 5.41) is 15.8. The van der Waals surface area contributed by atoms with Gasteiger partial charge < -0.3 is 32.3 Å².